The SMILES string of the molecule is CCC(CNC)CNc1ccc(Cl)c(Cl)c1. The molecule has 0 aliphatic carbocycles. The van der Waals surface area contributed by atoms with Gasteiger partial charge in [-0.2, -0.15) is 0 Å². The molecule has 0 aromatic heterocycles. The summed E-state index contributed by atoms with van der Waals surface area (Å²) in [4.78, 5) is 0. The summed E-state index contributed by atoms with van der Waals surface area (Å²) in [6.07, 6.45) is 1.15. The van der Waals surface area contributed by atoms with Crippen molar-refractivity contribution in [3.63, 3.8) is 0 Å². The molecule has 0 spiro atoms. The van der Waals surface area contributed by atoms with E-state index >= 15 is 0 Å². The van der Waals surface area contributed by atoms with Crippen LogP contribution in [0, 0.1) is 5.92 Å². The maximum absolute atomic E-state index is 5.94. The Morgan fingerprint density at radius 1 is 1.19 bits per heavy atom. The Morgan fingerprint density at radius 2 is 1.94 bits per heavy atom. The minimum Gasteiger partial charge on any atom is -0.385 e. The van der Waals surface area contributed by atoms with Crippen LogP contribution >= 0.6 is 23.2 Å². The average molecular weight is 261 g/mol. The lowest BCUT2D eigenvalue weighted by Gasteiger charge is -2.16. The van der Waals surface area contributed by atoms with Crippen molar-refractivity contribution in [2.24, 2.45) is 5.92 Å². The van der Waals surface area contributed by atoms with Crippen molar-refractivity contribution in [1.82, 2.24) is 5.32 Å². The number of anilines is 1. The number of hydrogen-bond donors (Lipinski definition) is 2. The normalized spacial score (nSPS) is 12.5. The molecule has 1 unspecified atom stereocenters. The van der Waals surface area contributed by atoms with Crippen LogP contribution in [0.1, 0.15) is 13.3 Å². The maximum atomic E-state index is 5.94. The quantitative estimate of drug-likeness (QED) is 0.816. The van der Waals surface area contributed by atoms with Crippen molar-refractivity contribution >= 4 is 28.9 Å². The third-order valence-corrected chi connectivity index (χ3v) is 3.32. The van der Waals surface area contributed by atoms with Crippen molar-refractivity contribution in [1.29, 1.82) is 0 Å². The monoisotopic (exact) mass is 260 g/mol. The van der Waals surface area contributed by atoms with Crippen LogP contribution in [0.2, 0.25) is 10.0 Å². The summed E-state index contributed by atoms with van der Waals surface area (Å²) in [5, 5.41) is 7.74. The van der Waals surface area contributed by atoms with Crippen molar-refractivity contribution < 1.29 is 0 Å². The van der Waals surface area contributed by atoms with Gasteiger partial charge in [0.05, 0.1) is 10.0 Å². The van der Waals surface area contributed by atoms with Crippen LogP contribution in [0.25, 0.3) is 0 Å². The summed E-state index contributed by atoms with van der Waals surface area (Å²) in [5.41, 5.74) is 1.02. The summed E-state index contributed by atoms with van der Waals surface area (Å²) in [7, 11) is 1.97. The molecule has 0 aliphatic rings. The van der Waals surface area contributed by atoms with E-state index in [-0.39, 0.29) is 0 Å². The van der Waals surface area contributed by atoms with Gasteiger partial charge in [-0.1, -0.05) is 36.5 Å². The predicted octanol–water partition coefficient (Wildman–Crippen LogP) is 3.65. The summed E-state index contributed by atoms with van der Waals surface area (Å²) in [5.74, 6) is 0.624. The van der Waals surface area contributed by atoms with E-state index in [1.54, 1.807) is 0 Å². The van der Waals surface area contributed by atoms with Gasteiger partial charge < -0.3 is 10.6 Å². The van der Waals surface area contributed by atoms with Gasteiger partial charge in [-0.05, 0) is 37.7 Å². The largest absolute Gasteiger partial charge is 0.385 e. The minimum absolute atomic E-state index is 0.591. The molecule has 2 N–H and O–H groups in total. The summed E-state index contributed by atoms with van der Waals surface area (Å²) in [6, 6.07) is 5.61. The summed E-state index contributed by atoms with van der Waals surface area (Å²) < 4.78 is 0. The first-order chi connectivity index (χ1) is 7.67. The van der Waals surface area contributed by atoms with Crippen LogP contribution in [0.15, 0.2) is 18.2 Å². The Morgan fingerprint density at radius 3 is 2.50 bits per heavy atom. The molecule has 1 aromatic carbocycles. The fraction of sp³-hybridized carbons (Fsp3) is 0.500. The van der Waals surface area contributed by atoms with Gasteiger partial charge in [0, 0.05) is 12.2 Å². The van der Waals surface area contributed by atoms with Crippen LogP contribution in [0.4, 0.5) is 5.69 Å². The highest BCUT2D eigenvalue weighted by Crippen LogP contribution is 2.25. The van der Waals surface area contributed by atoms with Crippen molar-refractivity contribution in [3.8, 4) is 0 Å². The molecule has 2 nitrogen and oxygen atoms in total. The Bertz CT molecular complexity index is 329. The zero-order valence-corrected chi connectivity index (χ0v) is 11.2. The summed E-state index contributed by atoms with van der Waals surface area (Å²) in [6.45, 7) is 4.15. The molecule has 0 fully saturated rings. The van der Waals surface area contributed by atoms with E-state index in [9.17, 15) is 0 Å². The molecule has 0 radical (unpaired) electrons. The first kappa shape index (κ1) is 13.6. The van der Waals surface area contributed by atoms with Gasteiger partial charge in [-0.3, -0.25) is 0 Å². The van der Waals surface area contributed by atoms with Gasteiger partial charge in [0.1, 0.15) is 0 Å². The molecule has 0 saturated carbocycles. The topological polar surface area (TPSA) is 24.1 Å². The molecule has 4 heteroatoms. The molecule has 0 heterocycles. The van der Waals surface area contributed by atoms with E-state index in [0.29, 0.717) is 16.0 Å². The third kappa shape index (κ3) is 4.20. The van der Waals surface area contributed by atoms with Crippen molar-refractivity contribution in [2.45, 2.75) is 13.3 Å². The molecule has 1 atom stereocenters. The third-order valence-electron chi connectivity index (χ3n) is 2.58. The first-order valence-corrected chi connectivity index (χ1v) is 6.26. The number of nitrogens with one attached hydrogen (secondary N) is 2. The summed E-state index contributed by atoms with van der Waals surface area (Å²) >= 11 is 11.8. The number of benzene rings is 1. The standard InChI is InChI=1S/C12H18Cl2N2/c1-3-9(7-15-2)8-16-10-4-5-11(13)12(14)6-10/h4-6,9,15-16H,3,7-8H2,1-2H3. The van der Waals surface area contributed by atoms with E-state index in [1.807, 2.05) is 25.2 Å². The Kier molecular flexibility index (Phi) is 5.96. The van der Waals surface area contributed by atoms with Gasteiger partial charge in [0.25, 0.3) is 0 Å². The lowest BCUT2D eigenvalue weighted by molar-refractivity contribution is 0.507. The highest BCUT2D eigenvalue weighted by molar-refractivity contribution is 6.42. The van der Waals surface area contributed by atoms with Crippen LogP contribution < -0.4 is 10.6 Å². The highest BCUT2D eigenvalue weighted by atomic mass is 35.5. The molecule has 0 aliphatic heterocycles. The molecular weight excluding hydrogens is 243 g/mol. The minimum atomic E-state index is 0.591. The van der Waals surface area contributed by atoms with E-state index in [4.69, 9.17) is 23.2 Å². The zero-order valence-electron chi connectivity index (χ0n) is 9.69. The fourth-order valence-corrected chi connectivity index (χ4v) is 1.82. The van der Waals surface area contributed by atoms with Gasteiger partial charge in [-0.15, -0.1) is 0 Å². The van der Waals surface area contributed by atoms with Crippen LogP contribution in [0.5, 0.6) is 0 Å². The molecule has 1 aromatic rings. The van der Waals surface area contributed by atoms with Crippen LogP contribution in [0.3, 0.4) is 0 Å². The molecule has 16 heavy (non-hydrogen) atoms. The second-order valence-corrected chi connectivity index (χ2v) is 4.66. The number of rotatable bonds is 6. The molecule has 0 amide bonds. The van der Waals surface area contributed by atoms with E-state index < -0.39 is 0 Å². The smallest absolute Gasteiger partial charge is 0.0612 e. The fourth-order valence-electron chi connectivity index (χ4n) is 1.52. The Labute approximate surface area is 107 Å². The lowest BCUT2D eigenvalue weighted by Crippen LogP contribution is -2.24. The lowest BCUT2D eigenvalue weighted by atomic mass is 10.1. The highest BCUT2D eigenvalue weighted by Gasteiger charge is 2.05. The maximum Gasteiger partial charge on any atom is 0.0612 e. The number of halogens is 2. The number of hydrogen-bond acceptors (Lipinski definition) is 2. The van der Waals surface area contributed by atoms with Crippen molar-refractivity contribution in [3.05, 3.63) is 28.2 Å². The Balaban J connectivity index is 2.50. The van der Waals surface area contributed by atoms with Crippen LogP contribution in [-0.2, 0) is 0 Å². The first-order valence-electron chi connectivity index (χ1n) is 5.50. The zero-order chi connectivity index (χ0) is 12.0. The molecule has 0 saturated heterocycles. The Hall–Kier alpha value is -0.440. The second-order valence-electron chi connectivity index (χ2n) is 3.84. The van der Waals surface area contributed by atoms with Gasteiger partial charge >= 0.3 is 0 Å². The second kappa shape index (κ2) is 7.00. The van der Waals surface area contributed by atoms with Gasteiger partial charge in [-0.25, -0.2) is 0 Å². The van der Waals surface area contributed by atoms with Crippen molar-refractivity contribution in [2.75, 3.05) is 25.5 Å². The van der Waals surface area contributed by atoms with Crippen LogP contribution in [-0.4, -0.2) is 20.1 Å². The van der Waals surface area contributed by atoms with Gasteiger partial charge in [0.15, 0.2) is 0 Å². The average Bonchev–Trinajstić information content (AvgIpc) is 2.28. The van der Waals surface area contributed by atoms with E-state index in [1.165, 1.54) is 0 Å². The predicted molar refractivity (Wildman–Crippen MR) is 72.7 cm³/mol. The molecule has 90 valence electrons. The molecule has 0 bridgehead atoms. The molecule has 1 rings (SSSR count). The molecular formula is C12H18Cl2N2. The van der Waals surface area contributed by atoms with E-state index in [0.717, 1.165) is 25.2 Å². The van der Waals surface area contributed by atoms with Gasteiger partial charge in [0.2, 0.25) is 0 Å². The van der Waals surface area contributed by atoms with E-state index in [2.05, 4.69) is 17.6 Å².